The molecule has 0 fully saturated rings. The lowest BCUT2D eigenvalue weighted by Crippen LogP contribution is -2.25. The molecule has 104 valence electrons. The molecule has 8 heteroatoms. The summed E-state index contributed by atoms with van der Waals surface area (Å²) in [5, 5.41) is 8.49. The molecular formula is C10H11Cl2F4NO. The van der Waals surface area contributed by atoms with Crippen LogP contribution in [0, 0.1) is 5.82 Å². The number of hydrogen-bond donors (Lipinski definition) is 2. The number of aliphatic hydroxyl groups excluding tert-OH is 1. The van der Waals surface area contributed by atoms with Gasteiger partial charge >= 0.3 is 6.18 Å². The van der Waals surface area contributed by atoms with Crippen LogP contribution in [0.1, 0.15) is 24.1 Å². The fraction of sp³-hybridized carbons (Fsp3) is 0.400. The van der Waals surface area contributed by atoms with Crippen molar-refractivity contribution in [1.29, 1.82) is 0 Å². The normalized spacial score (nSPS) is 14.9. The van der Waals surface area contributed by atoms with Gasteiger partial charge in [0, 0.05) is 5.56 Å². The third-order valence-electron chi connectivity index (χ3n) is 2.26. The van der Waals surface area contributed by atoms with E-state index in [9.17, 15) is 17.6 Å². The molecule has 1 aromatic rings. The minimum atomic E-state index is -4.65. The van der Waals surface area contributed by atoms with Crippen molar-refractivity contribution in [3.63, 3.8) is 0 Å². The van der Waals surface area contributed by atoms with E-state index in [0.717, 1.165) is 0 Å². The van der Waals surface area contributed by atoms with Crippen LogP contribution in [-0.2, 0) is 6.18 Å². The summed E-state index contributed by atoms with van der Waals surface area (Å²) in [6.45, 7) is 1.25. The Morgan fingerprint density at radius 3 is 2.22 bits per heavy atom. The number of benzene rings is 1. The molecule has 0 heterocycles. The summed E-state index contributed by atoms with van der Waals surface area (Å²) in [6.07, 6.45) is -5.84. The van der Waals surface area contributed by atoms with Gasteiger partial charge in [0.05, 0.1) is 22.7 Å². The Bertz CT molecular complexity index is 423. The average molecular weight is 308 g/mol. The Hall–Kier alpha value is -0.560. The van der Waals surface area contributed by atoms with Gasteiger partial charge in [-0.1, -0.05) is 11.6 Å². The third kappa shape index (κ3) is 3.71. The molecule has 18 heavy (non-hydrogen) atoms. The Labute approximate surface area is 112 Å². The van der Waals surface area contributed by atoms with Gasteiger partial charge in [0.1, 0.15) is 5.82 Å². The smallest absolute Gasteiger partial charge is 0.391 e. The highest BCUT2D eigenvalue weighted by molar-refractivity contribution is 6.30. The molecule has 0 aliphatic carbocycles. The van der Waals surface area contributed by atoms with E-state index >= 15 is 0 Å². The van der Waals surface area contributed by atoms with E-state index in [2.05, 4.69) is 0 Å². The summed E-state index contributed by atoms with van der Waals surface area (Å²) in [7, 11) is 0. The van der Waals surface area contributed by atoms with E-state index in [1.165, 1.54) is 6.92 Å². The van der Waals surface area contributed by atoms with Gasteiger partial charge in [-0.25, -0.2) is 4.39 Å². The first kappa shape index (κ1) is 17.4. The van der Waals surface area contributed by atoms with Crippen molar-refractivity contribution in [2.24, 2.45) is 5.73 Å². The second-order valence-electron chi connectivity index (χ2n) is 3.63. The van der Waals surface area contributed by atoms with Crippen LogP contribution < -0.4 is 5.73 Å². The van der Waals surface area contributed by atoms with E-state index in [1.807, 2.05) is 0 Å². The average Bonchev–Trinajstić information content (AvgIpc) is 2.19. The zero-order chi connectivity index (χ0) is 13.4. The topological polar surface area (TPSA) is 46.2 Å². The van der Waals surface area contributed by atoms with Crippen LogP contribution in [0.25, 0.3) is 0 Å². The van der Waals surface area contributed by atoms with Gasteiger partial charge in [-0.2, -0.15) is 13.2 Å². The zero-order valence-electron chi connectivity index (χ0n) is 9.13. The molecular weight excluding hydrogens is 297 g/mol. The van der Waals surface area contributed by atoms with Crippen molar-refractivity contribution < 1.29 is 22.7 Å². The maximum absolute atomic E-state index is 13.5. The summed E-state index contributed by atoms with van der Waals surface area (Å²) >= 11 is 5.36. The van der Waals surface area contributed by atoms with Crippen molar-refractivity contribution in [1.82, 2.24) is 0 Å². The highest BCUT2D eigenvalue weighted by atomic mass is 35.5. The molecule has 0 aromatic heterocycles. The Kier molecular flexibility index (Phi) is 5.87. The lowest BCUT2D eigenvalue weighted by Gasteiger charge is -2.18. The van der Waals surface area contributed by atoms with Gasteiger partial charge in [0.25, 0.3) is 0 Å². The molecule has 0 aliphatic rings. The minimum Gasteiger partial charge on any atom is -0.391 e. The number of aliphatic hydroxyl groups is 1. The van der Waals surface area contributed by atoms with Crippen LogP contribution >= 0.6 is 24.0 Å². The molecule has 0 bridgehead atoms. The van der Waals surface area contributed by atoms with E-state index in [-0.39, 0.29) is 12.4 Å². The van der Waals surface area contributed by atoms with Crippen molar-refractivity contribution in [2.45, 2.75) is 25.2 Å². The van der Waals surface area contributed by atoms with E-state index < -0.39 is 40.3 Å². The molecule has 0 spiro atoms. The summed E-state index contributed by atoms with van der Waals surface area (Å²) in [5.74, 6) is -1.05. The lowest BCUT2D eigenvalue weighted by molar-refractivity contribution is -0.137. The van der Waals surface area contributed by atoms with Gasteiger partial charge in [0.2, 0.25) is 0 Å². The molecule has 0 aliphatic heterocycles. The second-order valence-corrected chi connectivity index (χ2v) is 4.03. The first-order chi connectivity index (χ1) is 7.64. The molecule has 0 radical (unpaired) electrons. The van der Waals surface area contributed by atoms with Crippen LogP contribution in [0.3, 0.4) is 0 Å². The third-order valence-corrected chi connectivity index (χ3v) is 2.54. The van der Waals surface area contributed by atoms with Crippen molar-refractivity contribution in [3.8, 4) is 0 Å². The van der Waals surface area contributed by atoms with Crippen LogP contribution in [0.2, 0.25) is 5.02 Å². The molecule has 0 saturated heterocycles. The maximum Gasteiger partial charge on any atom is 0.416 e. The summed E-state index contributed by atoms with van der Waals surface area (Å²) in [6, 6.07) is -0.233. The predicted octanol–water partition coefficient (Wildman–Crippen LogP) is 3.30. The minimum absolute atomic E-state index is 0. The van der Waals surface area contributed by atoms with Crippen molar-refractivity contribution >= 4 is 24.0 Å². The summed E-state index contributed by atoms with van der Waals surface area (Å²) in [4.78, 5) is 0. The Morgan fingerprint density at radius 1 is 1.33 bits per heavy atom. The fourth-order valence-corrected chi connectivity index (χ4v) is 1.50. The first-order valence-corrected chi connectivity index (χ1v) is 5.02. The SMILES string of the molecule is C[C@@H](O)[C@@H](N)c1cc(C(F)(F)F)cc(Cl)c1F.Cl. The largest absolute Gasteiger partial charge is 0.416 e. The van der Waals surface area contributed by atoms with Gasteiger partial charge < -0.3 is 10.8 Å². The molecule has 0 unspecified atom stereocenters. The number of hydrogen-bond acceptors (Lipinski definition) is 2. The monoisotopic (exact) mass is 307 g/mol. The molecule has 2 atom stereocenters. The van der Waals surface area contributed by atoms with E-state index in [1.54, 1.807) is 0 Å². The zero-order valence-corrected chi connectivity index (χ0v) is 10.7. The molecule has 0 saturated carbocycles. The van der Waals surface area contributed by atoms with Crippen molar-refractivity contribution in [3.05, 3.63) is 34.1 Å². The van der Waals surface area contributed by atoms with Crippen molar-refractivity contribution in [2.75, 3.05) is 0 Å². The highest BCUT2D eigenvalue weighted by Gasteiger charge is 2.33. The highest BCUT2D eigenvalue weighted by Crippen LogP contribution is 2.35. The van der Waals surface area contributed by atoms with E-state index in [0.29, 0.717) is 12.1 Å². The molecule has 1 rings (SSSR count). The first-order valence-electron chi connectivity index (χ1n) is 4.64. The fourth-order valence-electron chi connectivity index (χ4n) is 1.28. The standard InChI is InChI=1S/C10H10ClF4NO.ClH/c1-4(17)9(16)6-2-5(10(13,14)15)3-7(11)8(6)12;/h2-4,9,17H,16H2,1H3;1H/t4-,9-;/m1./s1. The quantitative estimate of drug-likeness (QED) is 0.824. The van der Waals surface area contributed by atoms with Gasteiger partial charge in [-0.3, -0.25) is 0 Å². The van der Waals surface area contributed by atoms with Crippen LogP contribution in [-0.4, -0.2) is 11.2 Å². The van der Waals surface area contributed by atoms with Gasteiger partial charge in [-0.05, 0) is 19.1 Å². The van der Waals surface area contributed by atoms with Crippen LogP contribution in [0.4, 0.5) is 17.6 Å². The van der Waals surface area contributed by atoms with Crippen LogP contribution in [0.5, 0.6) is 0 Å². The van der Waals surface area contributed by atoms with Gasteiger partial charge in [-0.15, -0.1) is 12.4 Å². The van der Waals surface area contributed by atoms with E-state index in [4.69, 9.17) is 22.4 Å². The molecule has 1 aromatic carbocycles. The van der Waals surface area contributed by atoms with Gasteiger partial charge in [0.15, 0.2) is 0 Å². The summed E-state index contributed by atoms with van der Waals surface area (Å²) in [5.41, 5.74) is 3.84. The second kappa shape index (κ2) is 6.06. The Morgan fingerprint density at radius 2 is 1.83 bits per heavy atom. The molecule has 2 nitrogen and oxygen atoms in total. The number of rotatable bonds is 2. The maximum atomic E-state index is 13.5. The lowest BCUT2D eigenvalue weighted by atomic mass is 10.00. The number of alkyl halides is 3. The predicted molar refractivity (Wildman–Crippen MR) is 62.3 cm³/mol. The number of halogens is 6. The Balaban J connectivity index is 0.00000289. The molecule has 0 amide bonds. The molecule has 3 N–H and O–H groups in total. The van der Waals surface area contributed by atoms with Crippen LogP contribution in [0.15, 0.2) is 12.1 Å². The summed E-state index contributed by atoms with van der Waals surface area (Å²) < 4.78 is 50.9. The number of nitrogens with two attached hydrogens (primary N) is 1.